The van der Waals surface area contributed by atoms with Crippen LogP contribution in [0.5, 0.6) is 0 Å². The number of hydrogen-bond donors (Lipinski definition) is 2. The van der Waals surface area contributed by atoms with Crippen LogP contribution < -0.4 is 11.1 Å². The average molecular weight is 247 g/mol. The summed E-state index contributed by atoms with van der Waals surface area (Å²) in [5, 5.41) is 2.95. The second-order valence-electron chi connectivity index (χ2n) is 4.96. The SMILES string of the molecule is NC1C2CCCOC2C1NC(=O)c1cccnc1. The minimum absolute atomic E-state index is 0.0101. The number of hydrogen-bond acceptors (Lipinski definition) is 4. The molecule has 5 nitrogen and oxygen atoms in total. The number of amides is 1. The lowest BCUT2D eigenvalue weighted by molar-refractivity contribution is -0.117. The van der Waals surface area contributed by atoms with Gasteiger partial charge in [0.05, 0.1) is 17.7 Å². The zero-order valence-electron chi connectivity index (χ0n) is 10.1. The van der Waals surface area contributed by atoms with Gasteiger partial charge in [-0.2, -0.15) is 0 Å². The Hall–Kier alpha value is -1.46. The zero-order chi connectivity index (χ0) is 12.5. The predicted molar refractivity (Wildman–Crippen MR) is 65.9 cm³/mol. The van der Waals surface area contributed by atoms with E-state index in [1.165, 1.54) is 0 Å². The maximum Gasteiger partial charge on any atom is 0.253 e. The highest BCUT2D eigenvalue weighted by Gasteiger charge is 2.51. The third-order valence-electron chi connectivity index (χ3n) is 3.90. The standard InChI is InChI=1S/C13H17N3O2/c14-10-9-4-2-6-18-12(9)11(10)16-13(17)8-3-1-5-15-7-8/h1,3,5,7,9-12H,2,4,6,14H2,(H,16,17). The minimum Gasteiger partial charge on any atom is -0.376 e. The van der Waals surface area contributed by atoms with Crippen LogP contribution in [-0.4, -0.2) is 35.7 Å². The number of carbonyl (C=O) groups excluding carboxylic acids is 1. The smallest absolute Gasteiger partial charge is 0.253 e. The molecule has 1 aromatic rings. The van der Waals surface area contributed by atoms with Crippen molar-refractivity contribution in [2.45, 2.75) is 31.0 Å². The second kappa shape index (κ2) is 4.66. The predicted octanol–water partition coefficient (Wildman–Crippen LogP) is 0.316. The second-order valence-corrected chi connectivity index (χ2v) is 4.96. The van der Waals surface area contributed by atoms with Gasteiger partial charge in [0, 0.05) is 31.0 Å². The van der Waals surface area contributed by atoms with E-state index in [0.29, 0.717) is 11.5 Å². The highest BCUT2D eigenvalue weighted by atomic mass is 16.5. The molecule has 1 amide bonds. The van der Waals surface area contributed by atoms with E-state index >= 15 is 0 Å². The summed E-state index contributed by atoms with van der Waals surface area (Å²) in [7, 11) is 0. The maximum atomic E-state index is 12.0. The van der Waals surface area contributed by atoms with E-state index in [-0.39, 0.29) is 24.1 Å². The molecule has 4 unspecified atom stereocenters. The summed E-state index contributed by atoms with van der Waals surface area (Å²) < 4.78 is 5.69. The summed E-state index contributed by atoms with van der Waals surface area (Å²) in [6, 6.07) is 3.43. The van der Waals surface area contributed by atoms with Crippen LogP contribution in [0.15, 0.2) is 24.5 Å². The fourth-order valence-corrected chi connectivity index (χ4v) is 2.86. The number of ether oxygens (including phenoxy) is 1. The zero-order valence-corrected chi connectivity index (χ0v) is 10.1. The molecule has 4 atom stereocenters. The highest BCUT2D eigenvalue weighted by molar-refractivity contribution is 5.94. The van der Waals surface area contributed by atoms with Crippen LogP contribution in [0.1, 0.15) is 23.2 Å². The van der Waals surface area contributed by atoms with Crippen LogP contribution in [0.3, 0.4) is 0 Å². The van der Waals surface area contributed by atoms with Crippen LogP contribution in [0.25, 0.3) is 0 Å². The van der Waals surface area contributed by atoms with Crippen LogP contribution in [0, 0.1) is 5.92 Å². The molecule has 1 aliphatic carbocycles. The molecule has 5 heteroatoms. The number of carbonyl (C=O) groups is 1. The van der Waals surface area contributed by atoms with Gasteiger partial charge in [0.25, 0.3) is 5.91 Å². The molecule has 2 heterocycles. The first-order valence-corrected chi connectivity index (χ1v) is 6.35. The number of nitrogens with zero attached hydrogens (tertiary/aromatic N) is 1. The average Bonchev–Trinajstić information content (AvgIpc) is 2.45. The van der Waals surface area contributed by atoms with Gasteiger partial charge in [-0.05, 0) is 25.0 Å². The largest absolute Gasteiger partial charge is 0.376 e. The number of rotatable bonds is 2. The van der Waals surface area contributed by atoms with Crippen molar-refractivity contribution < 1.29 is 9.53 Å². The Morgan fingerprint density at radius 3 is 3.22 bits per heavy atom. The molecule has 1 saturated carbocycles. The van der Waals surface area contributed by atoms with E-state index in [2.05, 4.69) is 10.3 Å². The molecular formula is C13H17N3O2. The van der Waals surface area contributed by atoms with Gasteiger partial charge in [0.2, 0.25) is 0 Å². The molecule has 1 aliphatic heterocycles. The molecule has 2 aliphatic rings. The number of fused-ring (bicyclic) bond motifs is 1. The molecule has 0 spiro atoms. The Labute approximate surface area is 106 Å². The van der Waals surface area contributed by atoms with Crippen molar-refractivity contribution >= 4 is 5.91 Å². The third-order valence-corrected chi connectivity index (χ3v) is 3.90. The Kier molecular flexibility index (Phi) is 3.01. The Bertz CT molecular complexity index is 437. The van der Waals surface area contributed by atoms with Gasteiger partial charge in [-0.3, -0.25) is 9.78 Å². The molecule has 1 saturated heterocycles. The lowest BCUT2D eigenvalue weighted by Gasteiger charge is -2.52. The van der Waals surface area contributed by atoms with Gasteiger partial charge < -0.3 is 15.8 Å². The van der Waals surface area contributed by atoms with Gasteiger partial charge in [-0.1, -0.05) is 0 Å². The van der Waals surface area contributed by atoms with Crippen LogP contribution >= 0.6 is 0 Å². The normalized spacial score (nSPS) is 34.3. The molecule has 0 bridgehead atoms. The van der Waals surface area contributed by atoms with Crippen LogP contribution in [-0.2, 0) is 4.74 Å². The molecule has 3 N–H and O–H groups in total. The van der Waals surface area contributed by atoms with E-state index in [9.17, 15) is 4.79 Å². The Morgan fingerprint density at radius 1 is 1.56 bits per heavy atom. The van der Waals surface area contributed by atoms with Gasteiger partial charge in [-0.25, -0.2) is 0 Å². The fraction of sp³-hybridized carbons (Fsp3) is 0.538. The molecule has 1 aromatic heterocycles. The first-order valence-electron chi connectivity index (χ1n) is 6.35. The monoisotopic (exact) mass is 247 g/mol. The summed E-state index contributed by atoms with van der Waals surface area (Å²) in [4.78, 5) is 15.9. The van der Waals surface area contributed by atoms with Crippen molar-refractivity contribution in [3.63, 3.8) is 0 Å². The number of nitrogens with one attached hydrogen (secondary N) is 1. The fourth-order valence-electron chi connectivity index (χ4n) is 2.86. The van der Waals surface area contributed by atoms with Gasteiger partial charge >= 0.3 is 0 Å². The van der Waals surface area contributed by atoms with Gasteiger partial charge in [0.1, 0.15) is 0 Å². The van der Waals surface area contributed by atoms with E-state index in [4.69, 9.17) is 10.5 Å². The van der Waals surface area contributed by atoms with Crippen molar-refractivity contribution in [1.82, 2.24) is 10.3 Å². The number of nitrogens with two attached hydrogens (primary N) is 1. The number of pyridine rings is 1. The summed E-state index contributed by atoms with van der Waals surface area (Å²) >= 11 is 0. The first kappa shape index (κ1) is 11.6. The quantitative estimate of drug-likeness (QED) is 0.789. The van der Waals surface area contributed by atoms with E-state index in [1.54, 1.807) is 24.5 Å². The lowest BCUT2D eigenvalue weighted by Crippen LogP contribution is -2.72. The molecular weight excluding hydrogens is 230 g/mol. The van der Waals surface area contributed by atoms with E-state index < -0.39 is 0 Å². The van der Waals surface area contributed by atoms with Crippen molar-refractivity contribution in [1.29, 1.82) is 0 Å². The number of aromatic nitrogens is 1. The van der Waals surface area contributed by atoms with E-state index in [1.807, 2.05) is 0 Å². The van der Waals surface area contributed by atoms with Crippen molar-refractivity contribution in [3.05, 3.63) is 30.1 Å². The molecule has 96 valence electrons. The van der Waals surface area contributed by atoms with Gasteiger partial charge in [0.15, 0.2) is 0 Å². The van der Waals surface area contributed by atoms with Crippen LogP contribution in [0.4, 0.5) is 0 Å². The molecule has 0 radical (unpaired) electrons. The van der Waals surface area contributed by atoms with E-state index in [0.717, 1.165) is 19.4 Å². The molecule has 0 aromatic carbocycles. The molecule has 2 fully saturated rings. The summed E-state index contributed by atoms with van der Waals surface area (Å²) in [6.07, 6.45) is 5.46. The molecule has 18 heavy (non-hydrogen) atoms. The Morgan fingerprint density at radius 2 is 2.44 bits per heavy atom. The maximum absolute atomic E-state index is 12.0. The first-order chi connectivity index (χ1) is 8.77. The van der Waals surface area contributed by atoms with Crippen molar-refractivity contribution in [2.75, 3.05) is 6.61 Å². The molecule has 3 rings (SSSR count). The summed E-state index contributed by atoms with van der Waals surface area (Å²) in [6.45, 7) is 0.771. The summed E-state index contributed by atoms with van der Waals surface area (Å²) in [5.41, 5.74) is 6.65. The third kappa shape index (κ3) is 1.89. The minimum atomic E-state index is -0.129. The topological polar surface area (TPSA) is 77.2 Å². The van der Waals surface area contributed by atoms with Crippen molar-refractivity contribution in [2.24, 2.45) is 11.7 Å². The Balaban J connectivity index is 1.65. The summed E-state index contributed by atoms with van der Waals surface area (Å²) in [5.74, 6) is 0.272. The van der Waals surface area contributed by atoms with Crippen LogP contribution in [0.2, 0.25) is 0 Å². The highest BCUT2D eigenvalue weighted by Crippen LogP contribution is 2.37. The lowest BCUT2D eigenvalue weighted by atomic mass is 9.68. The van der Waals surface area contributed by atoms with Gasteiger partial charge in [-0.15, -0.1) is 0 Å². The van der Waals surface area contributed by atoms with Crippen molar-refractivity contribution in [3.8, 4) is 0 Å².